The van der Waals surface area contributed by atoms with E-state index in [1.165, 1.54) is 0 Å². The number of rotatable bonds is 6. The summed E-state index contributed by atoms with van der Waals surface area (Å²) in [6.45, 7) is 1.94. The molecule has 26 heavy (non-hydrogen) atoms. The molecule has 1 unspecified atom stereocenters. The van der Waals surface area contributed by atoms with Gasteiger partial charge in [0.2, 0.25) is 10.0 Å². The van der Waals surface area contributed by atoms with Crippen molar-refractivity contribution >= 4 is 44.5 Å². The van der Waals surface area contributed by atoms with Gasteiger partial charge in [0.05, 0.1) is 17.5 Å². The van der Waals surface area contributed by atoms with Crippen molar-refractivity contribution in [3.05, 3.63) is 65.3 Å². The minimum atomic E-state index is -3.41. The maximum absolute atomic E-state index is 12.2. The maximum Gasteiger partial charge on any atom is 0.229 e. The van der Waals surface area contributed by atoms with Crippen molar-refractivity contribution < 1.29 is 13.2 Å². The number of nitrogens with zero attached hydrogens (tertiary/aromatic N) is 1. The molecule has 0 amide bonds. The summed E-state index contributed by atoms with van der Waals surface area (Å²) in [5.74, 6) is 0. The van der Waals surface area contributed by atoms with E-state index in [4.69, 9.17) is 11.6 Å². The molecular formula is C19H19ClN2O3S. The zero-order valence-electron chi connectivity index (χ0n) is 14.4. The molecule has 1 heterocycles. The molecule has 7 heteroatoms. The number of aromatic nitrogens is 1. The van der Waals surface area contributed by atoms with Gasteiger partial charge < -0.3 is 9.36 Å². The van der Waals surface area contributed by atoms with E-state index in [2.05, 4.69) is 4.72 Å². The number of anilines is 1. The Labute approximate surface area is 157 Å². The zero-order chi connectivity index (χ0) is 18.9. The predicted molar refractivity (Wildman–Crippen MR) is 105 cm³/mol. The number of carbonyl (C=O) groups excluding carboxylic acids is 1. The van der Waals surface area contributed by atoms with Crippen molar-refractivity contribution in [2.24, 2.45) is 0 Å². The van der Waals surface area contributed by atoms with Crippen molar-refractivity contribution in [1.82, 2.24) is 4.57 Å². The molecule has 1 atom stereocenters. The van der Waals surface area contributed by atoms with Crippen LogP contribution < -0.4 is 4.72 Å². The highest BCUT2D eigenvalue weighted by Crippen LogP contribution is 2.35. The number of sulfonamides is 1. The number of hydrogen-bond acceptors (Lipinski definition) is 3. The molecule has 0 bridgehead atoms. The fourth-order valence-corrected chi connectivity index (χ4v) is 3.97. The average molecular weight is 391 g/mol. The second kappa shape index (κ2) is 6.78. The Kier molecular flexibility index (Phi) is 4.82. The minimum Gasteiger partial charge on any atom is -0.330 e. The molecule has 0 fully saturated rings. The monoisotopic (exact) mass is 390 g/mol. The first-order valence-corrected chi connectivity index (χ1v) is 10.4. The first-order chi connectivity index (χ1) is 12.3. The van der Waals surface area contributed by atoms with Crippen molar-refractivity contribution in [2.75, 3.05) is 11.0 Å². The summed E-state index contributed by atoms with van der Waals surface area (Å²) in [7, 11) is -3.41. The van der Waals surface area contributed by atoms with E-state index >= 15 is 0 Å². The SMILES string of the molecule is CCC(C=O)(c1ccc(Cl)cc1)n1ccc2c(NS(C)(=O)=O)cccc21. The molecule has 2 aromatic carbocycles. The third kappa shape index (κ3) is 3.22. The van der Waals surface area contributed by atoms with Crippen LogP contribution in [0.3, 0.4) is 0 Å². The van der Waals surface area contributed by atoms with Crippen LogP contribution >= 0.6 is 11.6 Å². The van der Waals surface area contributed by atoms with Crippen molar-refractivity contribution in [1.29, 1.82) is 0 Å². The molecule has 1 N–H and O–H groups in total. The highest BCUT2D eigenvalue weighted by atomic mass is 35.5. The number of carbonyl (C=O) groups is 1. The molecule has 0 aliphatic heterocycles. The van der Waals surface area contributed by atoms with Crippen LogP contribution in [-0.2, 0) is 20.4 Å². The molecule has 0 radical (unpaired) electrons. The molecule has 0 aliphatic carbocycles. The van der Waals surface area contributed by atoms with E-state index in [0.717, 1.165) is 29.0 Å². The number of halogens is 1. The number of hydrogen-bond donors (Lipinski definition) is 1. The van der Waals surface area contributed by atoms with Gasteiger partial charge in [-0.1, -0.05) is 36.7 Å². The molecule has 3 rings (SSSR count). The quantitative estimate of drug-likeness (QED) is 0.646. The number of nitrogens with one attached hydrogen (secondary N) is 1. The van der Waals surface area contributed by atoms with Crippen LogP contribution in [0.5, 0.6) is 0 Å². The lowest BCUT2D eigenvalue weighted by molar-refractivity contribution is -0.113. The molecule has 1 aromatic heterocycles. The first kappa shape index (κ1) is 18.5. The third-order valence-electron chi connectivity index (χ3n) is 4.54. The van der Waals surface area contributed by atoms with Gasteiger partial charge in [-0.15, -0.1) is 0 Å². The summed E-state index contributed by atoms with van der Waals surface area (Å²) in [5, 5.41) is 1.33. The Hall–Kier alpha value is -2.31. The predicted octanol–water partition coefficient (Wildman–Crippen LogP) is 4.02. The van der Waals surface area contributed by atoms with Gasteiger partial charge in [-0.05, 0) is 42.3 Å². The van der Waals surface area contributed by atoms with Gasteiger partial charge in [0.25, 0.3) is 0 Å². The van der Waals surface area contributed by atoms with Gasteiger partial charge in [0.15, 0.2) is 0 Å². The number of fused-ring (bicyclic) bond motifs is 1. The van der Waals surface area contributed by atoms with Gasteiger partial charge in [-0.2, -0.15) is 0 Å². The standard InChI is InChI=1S/C19H19ClN2O3S/c1-3-19(13-23,14-7-9-15(20)10-8-14)22-12-11-16-17(21-26(2,24)25)5-4-6-18(16)22/h4-13,21H,3H2,1-2H3. The summed E-state index contributed by atoms with van der Waals surface area (Å²) in [6.07, 6.45) is 4.38. The molecule has 5 nitrogen and oxygen atoms in total. The highest BCUT2D eigenvalue weighted by Gasteiger charge is 2.33. The van der Waals surface area contributed by atoms with Gasteiger partial charge >= 0.3 is 0 Å². The van der Waals surface area contributed by atoms with E-state index in [-0.39, 0.29) is 0 Å². The van der Waals surface area contributed by atoms with Crippen LogP contribution in [0.25, 0.3) is 10.9 Å². The molecule has 3 aromatic rings. The van der Waals surface area contributed by atoms with Crippen LogP contribution in [0.15, 0.2) is 54.7 Å². The van der Waals surface area contributed by atoms with Gasteiger partial charge in [-0.3, -0.25) is 4.72 Å². The van der Waals surface area contributed by atoms with Crippen molar-refractivity contribution in [2.45, 2.75) is 18.9 Å². The summed E-state index contributed by atoms with van der Waals surface area (Å²) < 4.78 is 27.7. The summed E-state index contributed by atoms with van der Waals surface area (Å²) in [4.78, 5) is 12.2. The first-order valence-electron chi connectivity index (χ1n) is 8.11. The summed E-state index contributed by atoms with van der Waals surface area (Å²) in [5.41, 5.74) is 1.16. The number of benzene rings is 2. The highest BCUT2D eigenvalue weighted by molar-refractivity contribution is 7.92. The molecule has 136 valence electrons. The van der Waals surface area contributed by atoms with Gasteiger partial charge in [0.1, 0.15) is 11.8 Å². The van der Waals surface area contributed by atoms with E-state index in [0.29, 0.717) is 17.1 Å². The van der Waals surface area contributed by atoms with Crippen LogP contribution in [0.1, 0.15) is 18.9 Å². The molecule has 0 saturated heterocycles. The van der Waals surface area contributed by atoms with Gasteiger partial charge in [-0.25, -0.2) is 8.42 Å². The second-order valence-electron chi connectivity index (χ2n) is 6.20. The van der Waals surface area contributed by atoms with Crippen LogP contribution in [0.2, 0.25) is 5.02 Å². The van der Waals surface area contributed by atoms with E-state index < -0.39 is 15.6 Å². The molecule has 0 saturated carbocycles. The Morgan fingerprint density at radius 3 is 2.42 bits per heavy atom. The van der Waals surface area contributed by atoms with Crippen LogP contribution in [0.4, 0.5) is 5.69 Å². The maximum atomic E-state index is 12.2. The number of aldehydes is 1. The molecular weight excluding hydrogens is 372 g/mol. The lowest BCUT2D eigenvalue weighted by Gasteiger charge is -2.30. The molecule has 0 aliphatic rings. The third-order valence-corrected chi connectivity index (χ3v) is 5.38. The molecule has 0 spiro atoms. The average Bonchev–Trinajstić information content (AvgIpc) is 3.03. The normalized spacial score (nSPS) is 14.1. The van der Waals surface area contributed by atoms with E-state index in [1.807, 2.05) is 42.0 Å². The van der Waals surface area contributed by atoms with Crippen LogP contribution in [0, 0.1) is 0 Å². The summed E-state index contributed by atoms with van der Waals surface area (Å²) >= 11 is 5.99. The van der Waals surface area contributed by atoms with E-state index in [1.54, 1.807) is 24.3 Å². The Morgan fingerprint density at radius 2 is 1.85 bits per heavy atom. The Morgan fingerprint density at radius 1 is 1.15 bits per heavy atom. The smallest absolute Gasteiger partial charge is 0.229 e. The lowest BCUT2D eigenvalue weighted by Crippen LogP contribution is -2.35. The van der Waals surface area contributed by atoms with Crippen molar-refractivity contribution in [3.63, 3.8) is 0 Å². The summed E-state index contributed by atoms with van der Waals surface area (Å²) in [6, 6.07) is 14.3. The lowest BCUT2D eigenvalue weighted by atomic mass is 9.88. The Bertz CT molecular complexity index is 1060. The second-order valence-corrected chi connectivity index (χ2v) is 8.39. The van der Waals surface area contributed by atoms with Crippen LogP contribution in [-0.4, -0.2) is 25.5 Å². The van der Waals surface area contributed by atoms with Crippen molar-refractivity contribution in [3.8, 4) is 0 Å². The fourth-order valence-electron chi connectivity index (χ4n) is 3.26. The van der Waals surface area contributed by atoms with Gasteiger partial charge in [0, 0.05) is 16.6 Å². The Balaban J connectivity index is 2.23. The minimum absolute atomic E-state index is 0.482. The topological polar surface area (TPSA) is 68.2 Å². The zero-order valence-corrected chi connectivity index (χ0v) is 16.0. The largest absolute Gasteiger partial charge is 0.330 e. The van der Waals surface area contributed by atoms with E-state index in [9.17, 15) is 13.2 Å². The fraction of sp³-hybridized carbons (Fsp3) is 0.211.